The SMILES string of the molecule is C[C@@H](NC(=S)N/N=C/c1ccc(C#N)cc1)c1ccccc1. The van der Waals surface area contributed by atoms with Crippen LogP contribution in [0.15, 0.2) is 59.7 Å². The molecule has 0 aromatic heterocycles. The standard InChI is InChI=1S/C17H16N4S/c1-13(16-5-3-2-4-6-16)20-17(22)21-19-12-15-9-7-14(11-18)8-10-15/h2-10,12-13H,1H3,(H2,20,21,22)/b19-12+/t13-/m1/s1. The van der Waals surface area contributed by atoms with Gasteiger partial charge in [-0.05, 0) is 42.4 Å². The quantitative estimate of drug-likeness (QED) is 0.517. The third-order valence-electron chi connectivity index (χ3n) is 3.07. The van der Waals surface area contributed by atoms with Crippen molar-refractivity contribution in [2.45, 2.75) is 13.0 Å². The second-order valence-electron chi connectivity index (χ2n) is 4.71. The van der Waals surface area contributed by atoms with Crippen LogP contribution >= 0.6 is 12.2 Å². The summed E-state index contributed by atoms with van der Waals surface area (Å²) in [7, 11) is 0. The molecule has 0 saturated heterocycles. The van der Waals surface area contributed by atoms with Crippen molar-refractivity contribution in [1.82, 2.24) is 10.7 Å². The summed E-state index contributed by atoms with van der Waals surface area (Å²) in [5, 5.41) is 16.4. The van der Waals surface area contributed by atoms with Crippen molar-refractivity contribution < 1.29 is 0 Å². The molecule has 0 heterocycles. The number of hydrogen-bond donors (Lipinski definition) is 2. The number of thiocarbonyl (C=S) groups is 1. The molecule has 0 aliphatic carbocycles. The smallest absolute Gasteiger partial charge is 0.187 e. The number of nitriles is 1. The fraction of sp³-hybridized carbons (Fsp3) is 0.118. The molecule has 2 aromatic rings. The Kier molecular flexibility index (Phi) is 5.64. The Balaban J connectivity index is 1.84. The summed E-state index contributed by atoms with van der Waals surface area (Å²) in [6.07, 6.45) is 1.66. The molecule has 0 aliphatic heterocycles. The van der Waals surface area contributed by atoms with E-state index in [1.807, 2.05) is 49.4 Å². The average molecular weight is 308 g/mol. The zero-order valence-electron chi connectivity index (χ0n) is 12.2. The third kappa shape index (κ3) is 4.69. The van der Waals surface area contributed by atoms with E-state index in [9.17, 15) is 0 Å². The molecule has 110 valence electrons. The van der Waals surface area contributed by atoms with Gasteiger partial charge in [-0.15, -0.1) is 0 Å². The fourth-order valence-electron chi connectivity index (χ4n) is 1.86. The van der Waals surface area contributed by atoms with Crippen LogP contribution in [0.4, 0.5) is 0 Å². The van der Waals surface area contributed by atoms with Gasteiger partial charge in [-0.2, -0.15) is 10.4 Å². The van der Waals surface area contributed by atoms with Crippen LogP contribution in [0.1, 0.15) is 29.7 Å². The van der Waals surface area contributed by atoms with Crippen LogP contribution in [0.3, 0.4) is 0 Å². The molecule has 22 heavy (non-hydrogen) atoms. The molecule has 4 nitrogen and oxygen atoms in total. The highest BCUT2D eigenvalue weighted by atomic mass is 32.1. The van der Waals surface area contributed by atoms with Crippen LogP contribution in [0.5, 0.6) is 0 Å². The highest BCUT2D eigenvalue weighted by Gasteiger charge is 2.05. The molecule has 2 aromatic carbocycles. The molecule has 1 atom stereocenters. The van der Waals surface area contributed by atoms with E-state index in [2.05, 4.69) is 21.9 Å². The second kappa shape index (κ2) is 7.91. The van der Waals surface area contributed by atoms with Crippen LogP contribution in [-0.4, -0.2) is 11.3 Å². The van der Waals surface area contributed by atoms with Crippen LogP contribution in [0.25, 0.3) is 0 Å². The van der Waals surface area contributed by atoms with E-state index in [0.29, 0.717) is 10.7 Å². The summed E-state index contributed by atoms with van der Waals surface area (Å²) in [5.41, 5.74) is 5.46. The van der Waals surface area contributed by atoms with Gasteiger partial charge >= 0.3 is 0 Å². The summed E-state index contributed by atoms with van der Waals surface area (Å²) in [6, 6.07) is 19.4. The molecule has 2 N–H and O–H groups in total. The molecule has 0 unspecified atom stereocenters. The van der Waals surface area contributed by atoms with Crippen molar-refractivity contribution in [3.63, 3.8) is 0 Å². The van der Waals surface area contributed by atoms with Crippen molar-refractivity contribution in [3.05, 3.63) is 71.3 Å². The Bertz CT molecular complexity index is 687. The second-order valence-corrected chi connectivity index (χ2v) is 5.12. The third-order valence-corrected chi connectivity index (χ3v) is 3.28. The Morgan fingerprint density at radius 2 is 1.86 bits per heavy atom. The number of hydrazone groups is 1. The maximum absolute atomic E-state index is 8.73. The Morgan fingerprint density at radius 1 is 1.18 bits per heavy atom. The van der Waals surface area contributed by atoms with Crippen molar-refractivity contribution in [2.75, 3.05) is 0 Å². The number of hydrogen-bond acceptors (Lipinski definition) is 3. The molecule has 0 spiro atoms. The molecule has 2 rings (SSSR count). The maximum atomic E-state index is 8.73. The average Bonchev–Trinajstić information content (AvgIpc) is 2.56. The van der Waals surface area contributed by atoms with Gasteiger partial charge in [0.05, 0.1) is 23.9 Å². The van der Waals surface area contributed by atoms with Gasteiger partial charge in [-0.1, -0.05) is 42.5 Å². The van der Waals surface area contributed by atoms with E-state index in [4.69, 9.17) is 17.5 Å². The van der Waals surface area contributed by atoms with E-state index in [0.717, 1.165) is 11.1 Å². The highest BCUT2D eigenvalue weighted by Crippen LogP contribution is 2.10. The van der Waals surface area contributed by atoms with Gasteiger partial charge < -0.3 is 5.32 Å². The lowest BCUT2D eigenvalue weighted by atomic mass is 10.1. The van der Waals surface area contributed by atoms with Crippen molar-refractivity contribution >= 4 is 23.5 Å². The Hall–Kier alpha value is -2.71. The zero-order valence-corrected chi connectivity index (χ0v) is 13.0. The molecule has 0 bridgehead atoms. The summed E-state index contributed by atoms with van der Waals surface area (Å²) in [6.45, 7) is 2.04. The van der Waals surface area contributed by atoms with E-state index in [1.54, 1.807) is 18.3 Å². The Morgan fingerprint density at radius 3 is 2.50 bits per heavy atom. The first-order chi connectivity index (χ1) is 10.7. The monoisotopic (exact) mass is 308 g/mol. The summed E-state index contributed by atoms with van der Waals surface area (Å²) >= 11 is 5.21. The largest absolute Gasteiger partial charge is 0.355 e. The first-order valence-corrected chi connectivity index (χ1v) is 7.24. The van der Waals surface area contributed by atoms with Gasteiger partial charge in [0.25, 0.3) is 0 Å². The summed E-state index contributed by atoms with van der Waals surface area (Å²) in [5.74, 6) is 0. The zero-order chi connectivity index (χ0) is 15.8. The van der Waals surface area contributed by atoms with Gasteiger partial charge in [0.1, 0.15) is 0 Å². The van der Waals surface area contributed by atoms with Crippen molar-refractivity contribution in [3.8, 4) is 6.07 Å². The van der Waals surface area contributed by atoms with Crippen LogP contribution in [0.2, 0.25) is 0 Å². The molecular weight excluding hydrogens is 292 g/mol. The Labute approximate surface area is 135 Å². The maximum Gasteiger partial charge on any atom is 0.187 e. The fourth-order valence-corrected chi connectivity index (χ4v) is 2.09. The van der Waals surface area contributed by atoms with Crippen LogP contribution in [0, 0.1) is 11.3 Å². The number of nitrogens with zero attached hydrogens (tertiary/aromatic N) is 2. The summed E-state index contributed by atoms with van der Waals surface area (Å²) < 4.78 is 0. The minimum absolute atomic E-state index is 0.103. The number of benzene rings is 2. The normalized spacial score (nSPS) is 11.6. The van der Waals surface area contributed by atoms with Gasteiger partial charge in [-0.3, -0.25) is 5.43 Å². The van der Waals surface area contributed by atoms with E-state index in [1.165, 1.54) is 0 Å². The van der Waals surface area contributed by atoms with E-state index in [-0.39, 0.29) is 6.04 Å². The predicted molar refractivity (Wildman–Crippen MR) is 92.5 cm³/mol. The van der Waals surface area contributed by atoms with Crippen molar-refractivity contribution in [1.29, 1.82) is 5.26 Å². The van der Waals surface area contributed by atoms with E-state index >= 15 is 0 Å². The topological polar surface area (TPSA) is 60.2 Å². The number of rotatable bonds is 4. The van der Waals surface area contributed by atoms with Crippen LogP contribution in [-0.2, 0) is 0 Å². The molecule has 0 fully saturated rings. The molecular formula is C17H16N4S. The van der Waals surface area contributed by atoms with Crippen molar-refractivity contribution in [2.24, 2.45) is 5.10 Å². The predicted octanol–water partition coefficient (Wildman–Crippen LogP) is 3.12. The molecule has 0 radical (unpaired) electrons. The van der Waals surface area contributed by atoms with Gasteiger partial charge in [0.2, 0.25) is 0 Å². The lowest BCUT2D eigenvalue weighted by Crippen LogP contribution is -2.34. The van der Waals surface area contributed by atoms with Crippen LogP contribution < -0.4 is 10.7 Å². The lowest BCUT2D eigenvalue weighted by Gasteiger charge is -2.15. The minimum Gasteiger partial charge on any atom is -0.355 e. The van der Waals surface area contributed by atoms with Gasteiger partial charge in [-0.25, -0.2) is 0 Å². The molecule has 5 heteroatoms. The molecule has 0 aliphatic rings. The highest BCUT2D eigenvalue weighted by molar-refractivity contribution is 7.80. The molecule has 0 amide bonds. The first kappa shape index (κ1) is 15.7. The lowest BCUT2D eigenvalue weighted by molar-refractivity contribution is 0.704. The molecule has 0 saturated carbocycles. The van der Waals surface area contributed by atoms with Gasteiger partial charge in [0.15, 0.2) is 5.11 Å². The first-order valence-electron chi connectivity index (χ1n) is 6.83. The summed E-state index contributed by atoms with van der Waals surface area (Å²) in [4.78, 5) is 0. The van der Waals surface area contributed by atoms with Gasteiger partial charge in [0, 0.05) is 0 Å². The number of nitrogens with one attached hydrogen (secondary N) is 2. The van der Waals surface area contributed by atoms with E-state index < -0.39 is 0 Å². The minimum atomic E-state index is 0.103.